The molecule has 0 spiro atoms. The zero-order valence-corrected chi connectivity index (χ0v) is 15.4. The molecule has 1 aliphatic carbocycles. The average molecular weight is 360 g/mol. The van der Waals surface area contributed by atoms with Crippen LogP contribution in [0.15, 0.2) is 24.3 Å². The Morgan fingerprint density at radius 3 is 2.54 bits per heavy atom. The quantitative estimate of drug-likeness (QED) is 0.846. The molecule has 0 aromatic heterocycles. The van der Waals surface area contributed by atoms with Crippen LogP contribution in [0.1, 0.15) is 44.9 Å². The van der Waals surface area contributed by atoms with Crippen LogP contribution in [0.2, 0.25) is 0 Å². The van der Waals surface area contributed by atoms with E-state index < -0.39 is 0 Å². The van der Waals surface area contributed by atoms with Crippen LogP contribution in [0.25, 0.3) is 0 Å². The summed E-state index contributed by atoms with van der Waals surface area (Å²) in [6.07, 6.45) is 7.26. The fraction of sp³-hybridized carbons (Fsp3) is 0.600. The van der Waals surface area contributed by atoms with Crippen LogP contribution in [0, 0.1) is 0 Å². The normalized spacial score (nSPS) is 20.7. The lowest BCUT2D eigenvalue weighted by Gasteiger charge is -2.28. The highest BCUT2D eigenvalue weighted by Gasteiger charge is 2.35. The molecule has 26 heavy (non-hydrogen) atoms. The van der Waals surface area contributed by atoms with Gasteiger partial charge in [-0.2, -0.15) is 0 Å². The Labute approximate surface area is 154 Å². The molecule has 1 aromatic carbocycles. The van der Waals surface area contributed by atoms with E-state index in [0.29, 0.717) is 18.0 Å². The van der Waals surface area contributed by atoms with Gasteiger partial charge < -0.3 is 19.7 Å². The van der Waals surface area contributed by atoms with Gasteiger partial charge in [0.15, 0.2) is 18.1 Å². The molecule has 0 radical (unpaired) electrons. The molecule has 1 aliphatic heterocycles. The van der Waals surface area contributed by atoms with Gasteiger partial charge >= 0.3 is 0 Å². The molecule has 2 amide bonds. The predicted octanol–water partition coefficient (Wildman–Crippen LogP) is 2.51. The highest BCUT2D eigenvalue weighted by Crippen LogP contribution is 2.26. The van der Waals surface area contributed by atoms with E-state index in [-0.39, 0.29) is 30.5 Å². The summed E-state index contributed by atoms with van der Waals surface area (Å²) < 4.78 is 10.9. The van der Waals surface area contributed by atoms with Gasteiger partial charge in [-0.25, -0.2) is 0 Å². The third-order valence-electron chi connectivity index (χ3n) is 5.25. The molecule has 1 N–H and O–H groups in total. The minimum atomic E-state index is -0.370. The second-order valence-corrected chi connectivity index (χ2v) is 7.03. The van der Waals surface area contributed by atoms with Crippen LogP contribution in [-0.2, 0) is 9.59 Å². The third kappa shape index (κ3) is 4.48. The van der Waals surface area contributed by atoms with Crippen LogP contribution in [0.3, 0.4) is 0 Å². The number of hydrogen-bond donors (Lipinski definition) is 1. The van der Waals surface area contributed by atoms with Gasteiger partial charge in [0.25, 0.3) is 5.91 Å². The Balaban J connectivity index is 1.54. The third-order valence-corrected chi connectivity index (χ3v) is 5.25. The molecule has 1 aromatic rings. The minimum Gasteiger partial charge on any atom is -0.493 e. The van der Waals surface area contributed by atoms with Crippen molar-refractivity contribution in [2.75, 3.05) is 20.3 Å². The van der Waals surface area contributed by atoms with E-state index in [1.54, 1.807) is 24.1 Å². The summed E-state index contributed by atoms with van der Waals surface area (Å²) in [4.78, 5) is 26.9. The fourth-order valence-electron chi connectivity index (χ4n) is 3.84. The van der Waals surface area contributed by atoms with E-state index in [9.17, 15) is 9.59 Å². The average Bonchev–Trinajstić information content (AvgIpc) is 3.17. The van der Waals surface area contributed by atoms with Gasteiger partial charge in [0.05, 0.1) is 7.11 Å². The van der Waals surface area contributed by atoms with E-state index >= 15 is 0 Å². The molecular weight excluding hydrogens is 332 g/mol. The van der Waals surface area contributed by atoms with E-state index in [0.717, 1.165) is 25.7 Å². The maximum atomic E-state index is 12.6. The second kappa shape index (κ2) is 8.92. The number of benzene rings is 1. The molecule has 2 fully saturated rings. The summed E-state index contributed by atoms with van der Waals surface area (Å²) in [7, 11) is 1.57. The first kappa shape index (κ1) is 18.5. The molecule has 1 heterocycles. The van der Waals surface area contributed by atoms with Gasteiger partial charge in [-0.05, 0) is 37.8 Å². The molecule has 6 heteroatoms. The number of nitrogens with zero attached hydrogens (tertiary/aromatic N) is 1. The van der Waals surface area contributed by atoms with Crippen LogP contribution < -0.4 is 14.8 Å². The fourth-order valence-corrected chi connectivity index (χ4v) is 3.84. The monoisotopic (exact) mass is 360 g/mol. The van der Waals surface area contributed by atoms with E-state index in [4.69, 9.17) is 9.47 Å². The van der Waals surface area contributed by atoms with Crippen LogP contribution >= 0.6 is 0 Å². The first-order chi connectivity index (χ1) is 12.7. The molecule has 0 unspecified atom stereocenters. The number of carbonyl (C=O) groups excluding carboxylic acids is 2. The number of hydrogen-bond acceptors (Lipinski definition) is 4. The molecule has 1 saturated carbocycles. The summed E-state index contributed by atoms with van der Waals surface area (Å²) in [6.45, 7) is 0.518. The summed E-state index contributed by atoms with van der Waals surface area (Å²) >= 11 is 0. The summed E-state index contributed by atoms with van der Waals surface area (Å²) in [6, 6.07) is 7.13. The van der Waals surface area contributed by atoms with Crippen molar-refractivity contribution in [2.24, 2.45) is 0 Å². The zero-order valence-electron chi connectivity index (χ0n) is 15.4. The van der Waals surface area contributed by atoms with Gasteiger partial charge in [0.1, 0.15) is 6.04 Å². The molecular formula is C20H28N2O4. The SMILES string of the molecule is COc1ccccc1OCC(=O)N1CCC[C@H]1C(=O)NC1CCCCC1. The lowest BCUT2D eigenvalue weighted by atomic mass is 9.95. The number of rotatable bonds is 6. The predicted molar refractivity (Wildman–Crippen MR) is 98.2 cm³/mol. The van der Waals surface area contributed by atoms with E-state index in [1.807, 2.05) is 12.1 Å². The van der Waals surface area contributed by atoms with Crippen LogP contribution in [0.4, 0.5) is 0 Å². The molecule has 2 aliphatic rings. The van der Waals surface area contributed by atoms with Gasteiger partial charge in [0, 0.05) is 12.6 Å². The molecule has 3 rings (SSSR count). The van der Waals surface area contributed by atoms with Crippen molar-refractivity contribution >= 4 is 11.8 Å². The van der Waals surface area contributed by atoms with Gasteiger partial charge in [-0.15, -0.1) is 0 Å². The summed E-state index contributed by atoms with van der Waals surface area (Å²) in [5.74, 6) is 0.955. The summed E-state index contributed by atoms with van der Waals surface area (Å²) in [5.41, 5.74) is 0. The maximum absolute atomic E-state index is 12.6. The zero-order chi connectivity index (χ0) is 18.4. The highest BCUT2D eigenvalue weighted by molar-refractivity contribution is 5.89. The second-order valence-electron chi connectivity index (χ2n) is 7.03. The number of methoxy groups -OCH3 is 1. The maximum Gasteiger partial charge on any atom is 0.261 e. The Kier molecular flexibility index (Phi) is 6.36. The number of carbonyl (C=O) groups is 2. The van der Waals surface area contributed by atoms with Gasteiger partial charge in [-0.1, -0.05) is 31.4 Å². The van der Waals surface area contributed by atoms with Crippen molar-refractivity contribution in [3.05, 3.63) is 24.3 Å². The Morgan fingerprint density at radius 2 is 1.81 bits per heavy atom. The first-order valence-corrected chi connectivity index (χ1v) is 9.54. The first-order valence-electron chi connectivity index (χ1n) is 9.54. The lowest BCUT2D eigenvalue weighted by Crippen LogP contribution is -2.50. The van der Waals surface area contributed by atoms with Crippen molar-refractivity contribution in [2.45, 2.75) is 57.0 Å². The summed E-state index contributed by atoms with van der Waals surface area (Å²) in [5, 5.41) is 3.14. The number of para-hydroxylation sites is 2. The van der Waals surface area contributed by atoms with Crippen molar-refractivity contribution in [3.8, 4) is 11.5 Å². The molecule has 142 valence electrons. The smallest absolute Gasteiger partial charge is 0.261 e. The molecule has 6 nitrogen and oxygen atoms in total. The van der Waals surface area contributed by atoms with Crippen LogP contribution in [-0.4, -0.2) is 49.1 Å². The van der Waals surface area contributed by atoms with Crippen LogP contribution in [0.5, 0.6) is 11.5 Å². The Morgan fingerprint density at radius 1 is 1.08 bits per heavy atom. The van der Waals surface area contributed by atoms with Crippen molar-refractivity contribution < 1.29 is 19.1 Å². The largest absolute Gasteiger partial charge is 0.493 e. The molecule has 1 atom stereocenters. The van der Waals surface area contributed by atoms with E-state index in [1.165, 1.54) is 19.3 Å². The van der Waals surface area contributed by atoms with Gasteiger partial charge in [0.2, 0.25) is 5.91 Å². The van der Waals surface area contributed by atoms with Crippen molar-refractivity contribution in [1.82, 2.24) is 10.2 Å². The molecule has 0 bridgehead atoms. The van der Waals surface area contributed by atoms with Gasteiger partial charge in [-0.3, -0.25) is 9.59 Å². The minimum absolute atomic E-state index is 0.0139. The molecule has 1 saturated heterocycles. The standard InChI is InChI=1S/C20H28N2O4/c1-25-17-11-5-6-12-18(17)26-14-19(23)22-13-7-10-16(22)20(24)21-15-8-3-2-4-9-15/h5-6,11-12,15-16H,2-4,7-10,13-14H2,1H3,(H,21,24)/t16-/m0/s1. The lowest BCUT2D eigenvalue weighted by molar-refractivity contribution is -0.140. The van der Waals surface area contributed by atoms with E-state index in [2.05, 4.69) is 5.32 Å². The number of amides is 2. The Hall–Kier alpha value is -2.24. The van der Waals surface area contributed by atoms with Crippen molar-refractivity contribution in [3.63, 3.8) is 0 Å². The highest BCUT2D eigenvalue weighted by atomic mass is 16.5. The number of ether oxygens (including phenoxy) is 2. The topological polar surface area (TPSA) is 67.9 Å². The number of likely N-dealkylation sites (tertiary alicyclic amines) is 1. The number of nitrogens with one attached hydrogen (secondary N) is 1. The Bertz CT molecular complexity index is 628. The van der Waals surface area contributed by atoms with Crippen molar-refractivity contribution in [1.29, 1.82) is 0 Å².